The first-order valence-electron chi connectivity index (χ1n) is 5.94. The second-order valence-corrected chi connectivity index (χ2v) is 3.81. The second-order valence-electron chi connectivity index (χ2n) is 3.81. The number of unbranched alkanes of at least 4 members (excludes halogenated alkanes) is 1. The molecule has 17 heavy (non-hydrogen) atoms. The van der Waals surface area contributed by atoms with Gasteiger partial charge in [-0.05, 0) is 13.3 Å². The van der Waals surface area contributed by atoms with E-state index < -0.39 is 17.9 Å². The van der Waals surface area contributed by atoms with Gasteiger partial charge in [0.25, 0.3) is 0 Å². The minimum absolute atomic E-state index is 0.109. The highest BCUT2D eigenvalue weighted by Gasteiger charge is 2.27. The van der Waals surface area contributed by atoms with E-state index in [1.165, 1.54) is 0 Å². The van der Waals surface area contributed by atoms with E-state index in [0.29, 0.717) is 6.42 Å². The molecule has 0 spiro atoms. The summed E-state index contributed by atoms with van der Waals surface area (Å²) in [4.78, 5) is 33.6. The average Bonchev–Trinajstić information content (AvgIpc) is 2.27. The van der Waals surface area contributed by atoms with Crippen LogP contribution in [0.2, 0.25) is 0 Å². The zero-order chi connectivity index (χ0) is 13.3. The molecule has 0 aliphatic heterocycles. The first-order valence-corrected chi connectivity index (χ1v) is 5.94. The number of hydrogen-bond acceptors (Lipinski definition) is 4. The summed E-state index contributed by atoms with van der Waals surface area (Å²) >= 11 is 0. The van der Waals surface area contributed by atoms with Gasteiger partial charge in [0.2, 0.25) is 0 Å². The average molecular weight is 244 g/mol. The molecule has 98 valence electrons. The maximum atomic E-state index is 11.7. The van der Waals surface area contributed by atoms with Crippen LogP contribution in [-0.2, 0) is 19.1 Å². The molecular formula is C12H20O5. The molecule has 0 saturated carbocycles. The Balaban J connectivity index is 4.38. The van der Waals surface area contributed by atoms with Crippen molar-refractivity contribution in [2.45, 2.75) is 46.0 Å². The van der Waals surface area contributed by atoms with Crippen molar-refractivity contribution < 1.29 is 24.2 Å². The van der Waals surface area contributed by atoms with E-state index in [9.17, 15) is 14.4 Å². The minimum Gasteiger partial charge on any atom is -0.481 e. The molecule has 0 fully saturated rings. The number of Topliss-reactive ketones (excluding diaryl/α,β-unsaturated/α-hetero) is 1. The van der Waals surface area contributed by atoms with Gasteiger partial charge < -0.3 is 9.84 Å². The summed E-state index contributed by atoms with van der Waals surface area (Å²) < 4.78 is 4.82. The number of ketones is 1. The molecule has 1 N–H and O–H groups in total. The number of esters is 1. The number of ether oxygens (including phenoxy) is 1. The van der Waals surface area contributed by atoms with Gasteiger partial charge in [0.1, 0.15) is 11.7 Å². The van der Waals surface area contributed by atoms with Gasteiger partial charge in [0, 0.05) is 6.42 Å². The summed E-state index contributed by atoms with van der Waals surface area (Å²) in [5, 5.41) is 8.49. The van der Waals surface area contributed by atoms with Crippen LogP contribution < -0.4 is 0 Å². The Bertz CT molecular complexity index is 272. The predicted octanol–water partition coefficient (Wildman–Crippen LogP) is 1.79. The van der Waals surface area contributed by atoms with Gasteiger partial charge in [-0.1, -0.05) is 19.8 Å². The Hall–Kier alpha value is -1.39. The van der Waals surface area contributed by atoms with Gasteiger partial charge in [0.05, 0.1) is 13.0 Å². The number of carbonyl (C=O) groups excluding carboxylic acids is 2. The molecule has 1 atom stereocenters. The third kappa shape index (κ3) is 6.71. The topological polar surface area (TPSA) is 80.7 Å². The molecule has 5 nitrogen and oxygen atoms in total. The zero-order valence-electron chi connectivity index (χ0n) is 10.4. The van der Waals surface area contributed by atoms with E-state index in [1.54, 1.807) is 6.92 Å². The van der Waals surface area contributed by atoms with Gasteiger partial charge in [-0.2, -0.15) is 0 Å². The van der Waals surface area contributed by atoms with Crippen LogP contribution in [0.5, 0.6) is 0 Å². The van der Waals surface area contributed by atoms with Crippen molar-refractivity contribution in [1.29, 1.82) is 0 Å². The number of carbonyl (C=O) groups is 3. The van der Waals surface area contributed by atoms with Crippen LogP contribution in [-0.4, -0.2) is 29.4 Å². The standard InChI is InChI=1S/C12H20O5/c1-3-5-6-9(12(16)17-4-2)10(13)7-8-11(14)15/h9H,3-8H2,1-2H3,(H,14,15). The lowest BCUT2D eigenvalue weighted by molar-refractivity contribution is -0.152. The van der Waals surface area contributed by atoms with Crippen LogP contribution in [0, 0.1) is 5.92 Å². The molecule has 5 heteroatoms. The molecule has 0 bridgehead atoms. The van der Waals surface area contributed by atoms with E-state index in [4.69, 9.17) is 9.84 Å². The van der Waals surface area contributed by atoms with Crippen LogP contribution in [0.4, 0.5) is 0 Å². The molecule has 0 aromatic heterocycles. The van der Waals surface area contributed by atoms with Crippen molar-refractivity contribution >= 4 is 17.7 Å². The molecule has 0 rings (SSSR count). The van der Waals surface area contributed by atoms with E-state index in [0.717, 1.165) is 12.8 Å². The Labute approximate surface area is 101 Å². The Morgan fingerprint density at radius 3 is 2.29 bits per heavy atom. The maximum absolute atomic E-state index is 11.7. The summed E-state index contributed by atoms with van der Waals surface area (Å²) in [5.41, 5.74) is 0. The fourth-order valence-corrected chi connectivity index (χ4v) is 1.47. The summed E-state index contributed by atoms with van der Waals surface area (Å²) in [6.07, 6.45) is 1.72. The zero-order valence-corrected chi connectivity index (χ0v) is 10.4. The van der Waals surface area contributed by atoms with E-state index in [1.807, 2.05) is 6.92 Å². The molecule has 0 aliphatic carbocycles. The van der Waals surface area contributed by atoms with Gasteiger partial charge in [0.15, 0.2) is 0 Å². The van der Waals surface area contributed by atoms with Crippen LogP contribution in [0.3, 0.4) is 0 Å². The van der Waals surface area contributed by atoms with E-state index >= 15 is 0 Å². The monoisotopic (exact) mass is 244 g/mol. The fraction of sp³-hybridized carbons (Fsp3) is 0.750. The first kappa shape index (κ1) is 15.6. The van der Waals surface area contributed by atoms with Gasteiger partial charge in [-0.25, -0.2) is 0 Å². The van der Waals surface area contributed by atoms with Crippen molar-refractivity contribution in [2.24, 2.45) is 5.92 Å². The van der Waals surface area contributed by atoms with Crippen LogP contribution >= 0.6 is 0 Å². The molecule has 0 aromatic rings. The third-order valence-corrected chi connectivity index (χ3v) is 2.39. The molecule has 0 aromatic carbocycles. The highest BCUT2D eigenvalue weighted by Crippen LogP contribution is 2.15. The summed E-state index contributed by atoms with van der Waals surface area (Å²) in [7, 11) is 0. The molecule has 0 aliphatic rings. The van der Waals surface area contributed by atoms with E-state index in [2.05, 4.69) is 0 Å². The van der Waals surface area contributed by atoms with E-state index in [-0.39, 0.29) is 25.2 Å². The van der Waals surface area contributed by atoms with Crippen molar-refractivity contribution in [2.75, 3.05) is 6.61 Å². The molecule has 0 amide bonds. The highest BCUT2D eigenvalue weighted by molar-refractivity contribution is 5.99. The lowest BCUT2D eigenvalue weighted by atomic mass is 9.94. The summed E-state index contributed by atoms with van der Waals surface area (Å²) in [5.74, 6) is -2.69. The van der Waals surface area contributed by atoms with Crippen molar-refractivity contribution in [1.82, 2.24) is 0 Å². The SMILES string of the molecule is CCCCC(C(=O)CCC(=O)O)C(=O)OCC. The quantitative estimate of drug-likeness (QED) is 0.494. The van der Waals surface area contributed by atoms with Gasteiger partial charge >= 0.3 is 11.9 Å². The number of carboxylic acids is 1. The number of aliphatic carboxylic acids is 1. The number of hydrogen-bond donors (Lipinski definition) is 1. The molecule has 0 heterocycles. The Morgan fingerprint density at radius 1 is 1.18 bits per heavy atom. The molecule has 1 unspecified atom stereocenters. The number of carboxylic acid groups (broad SMARTS) is 1. The lowest BCUT2D eigenvalue weighted by Gasteiger charge is -2.13. The first-order chi connectivity index (χ1) is 8.02. The fourth-order valence-electron chi connectivity index (χ4n) is 1.47. The van der Waals surface area contributed by atoms with Gasteiger partial charge in [-0.3, -0.25) is 14.4 Å². The minimum atomic E-state index is -1.03. The van der Waals surface area contributed by atoms with Crippen LogP contribution in [0.25, 0.3) is 0 Å². The highest BCUT2D eigenvalue weighted by atomic mass is 16.5. The summed E-state index contributed by atoms with van der Waals surface area (Å²) in [6, 6.07) is 0. The molecular weight excluding hydrogens is 224 g/mol. The maximum Gasteiger partial charge on any atom is 0.316 e. The normalized spacial score (nSPS) is 11.9. The largest absolute Gasteiger partial charge is 0.481 e. The number of rotatable bonds is 9. The van der Waals surface area contributed by atoms with Crippen LogP contribution in [0.1, 0.15) is 46.0 Å². The second kappa shape index (κ2) is 8.73. The third-order valence-electron chi connectivity index (χ3n) is 2.39. The predicted molar refractivity (Wildman–Crippen MR) is 61.5 cm³/mol. The van der Waals surface area contributed by atoms with Crippen molar-refractivity contribution in [3.8, 4) is 0 Å². The van der Waals surface area contributed by atoms with Crippen molar-refractivity contribution in [3.63, 3.8) is 0 Å². The Morgan fingerprint density at radius 2 is 1.82 bits per heavy atom. The van der Waals surface area contributed by atoms with Gasteiger partial charge in [-0.15, -0.1) is 0 Å². The summed E-state index contributed by atoms with van der Waals surface area (Å²) in [6.45, 7) is 3.87. The molecule has 0 saturated heterocycles. The van der Waals surface area contributed by atoms with Crippen molar-refractivity contribution in [3.05, 3.63) is 0 Å². The lowest BCUT2D eigenvalue weighted by Crippen LogP contribution is -2.26. The Kier molecular flexibility index (Phi) is 8.01. The molecule has 0 radical (unpaired) electrons. The van der Waals surface area contributed by atoms with Crippen LogP contribution in [0.15, 0.2) is 0 Å². The smallest absolute Gasteiger partial charge is 0.316 e.